The zero-order chi connectivity index (χ0) is 18.1. The lowest BCUT2D eigenvalue weighted by Gasteiger charge is -2.05. The van der Waals surface area contributed by atoms with Gasteiger partial charge in [-0.1, -0.05) is 17.7 Å². The summed E-state index contributed by atoms with van der Waals surface area (Å²) in [7, 11) is 0. The highest BCUT2D eigenvalue weighted by molar-refractivity contribution is 7.20. The van der Waals surface area contributed by atoms with Crippen LogP contribution < -0.4 is 5.43 Å². The lowest BCUT2D eigenvalue weighted by molar-refractivity contribution is 0.0695. The van der Waals surface area contributed by atoms with E-state index < -0.39 is 11.4 Å². The van der Waals surface area contributed by atoms with E-state index in [-0.39, 0.29) is 5.56 Å². The molecule has 0 unspecified atom stereocenters. The summed E-state index contributed by atoms with van der Waals surface area (Å²) in [5.41, 5.74) is 2.48. The van der Waals surface area contributed by atoms with E-state index >= 15 is 0 Å². The Hall–Kier alpha value is -2.73. The molecule has 0 aliphatic carbocycles. The molecular formula is C19H18N2O3S. The Kier molecular flexibility index (Phi) is 4.55. The highest BCUT2D eigenvalue weighted by Crippen LogP contribution is 2.25. The zero-order valence-electron chi connectivity index (χ0n) is 14.2. The Labute approximate surface area is 148 Å². The molecule has 0 saturated heterocycles. The molecule has 1 aromatic carbocycles. The first-order valence-corrected chi connectivity index (χ1v) is 8.74. The monoisotopic (exact) mass is 354 g/mol. The minimum absolute atomic E-state index is 0.204. The number of thiophene rings is 1. The summed E-state index contributed by atoms with van der Waals surface area (Å²) in [5.74, 6) is -1.20. The molecule has 3 rings (SSSR count). The highest BCUT2D eigenvalue weighted by Gasteiger charge is 2.16. The first-order valence-electron chi connectivity index (χ1n) is 7.92. The third-order valence-electron chi connectivity index (χ3n) is 4.02. The molecule has 0 aliphatic rings. The number of aromatic carboxylic acids is 1. The molecule has 3 aromatic rings. The van der Waals surface area contributed by atoms with E-state index in [0.717, 1.165) is 21.0 Å². The van der Waals surface area contributed by atoms with E-state index in [2.05, 4.69) is 11.1 Å². The third kappa shape index (κ3) is 3.25. The van der Waals surface area contributed by atoms with Gasteiger partial charge in [0.1, 0.15) is 10.4 Å². The maximum Gasteiger partial charge on any atom is 0.341 e. The van der Waals surface area contributed by atoms with Crippen LogP contribution in [-0.4, -0.2) is 21.9 Å². The van der Waals surface area contributed by atoms with Crippen LogP contribution in [0.5, 0.6) is 0 Å². The number of aryl methyl sites for hydroxylation is 3. The lowest BCUT2D eigenvalue weighted by atomic mass is 10.1. The SMILES string of the molecule is CCn1cc(C(=O)O)c(=O)c2cc(C=Nc3ccc(C)cc3C)sc21. The van der Waals surface area contributed by atoms with Gasteiger partial charge in [-0.05, 0) is 38.5 Å². The number of pyridine rings is 1. The Morgan fingerprint density at radius 1 is 1.32 bits per heavy atom. The van der Waals surface area contributed by atoms with E-state index in [4.69, 9.17) is 0 Å². The van der Waals surface area contributed by atoms with Gasteiger partial charge in [-0.15, -0.1) is 11.3 Å². The quantitative estimate of drug-likeness (QED) is 0.716. The molecule has 2 heterocycles. The lowest BCUT2D eigenvalue weighted by Crippen LogP contribution is -2.17. The number of aliphatic imine (C=N–C) groups is 1. The number of hydrogen-bond acceptors (Lipinski definition) is 4. The molecule has 128 valence electrons. The minimum atomic E-state index is -1.20. The predicted octanol–water partition coefficient (Wildman–Crippen LogP) is 4.15. The molecule has 5 nitrogen and oxygen atoms in total. The van der Waals surface area contributed by atoms with E-state index in [1.165, 1.54) is 23.1 Å². The first kappa shape index (κ1) is 17.1. The van der Waals surface area contributed by atoms with Crippen LogP contribution in [0.3, 0.4) is 0 Å². The van der Waals surface area contributed by atoms with Crippen molar-refractivity contribution >= 4 is 39.4 Å². The largest absolute Gasteiger partial charge is 0.477 e. The molecule has 0 saturated carbocycles. The number of carboxylic acid groups (broad SMARTS) is 1. The first-order chi connectivity index (χ1) is 11.9. The van der Waals surface area contributed by atoms with Gasteiger partial charge in [-0.3, -0.25) is 9.79 Å². The molecule has 0 fully saturated rings. The van der Waals surface area contributed by atoms with Crippen LogP contribution in [0.1, 0.15) is 33.3 Å². The predicted molar refractivity (Wildman–Crippen MR) is 102 cm³/mol. The van der Waals surface area contributed by atoms with Crippen LogP contribution >= 0.6 is 11.3 Å². The van der Waals surface area contributed by atoms with Crippen molar-refractivity contribution in [3.05, 3.63) is 62.3 Å². The fraction of sp³-hybridized carbons (Fsp3) is 0.211. The number of carbonyl (C=O) groups is 1. The highest BCUT2D eigenvalue weighted by atomic mass is 32.1. The zero-order valence-corrected chi connectivity index (χ0v) is 15.1. The molecule has 0 atom stereocenters. The van der Waals surface area contributed by atoms with Gasteiger partial charge >= 0.3 is 5.97 Å². The Balaban J connectivity index is 2.09. The summed E-state index contributed by atoms with van der Waals surface area (Å²) in [6.07, 6.45) is 3.14. The normalized spacial score (nSPS) is 11.5. The number of carboxylic acids is 1. The van der Waals surface area contributed by atoms with E-state index in [0.29, 0.717) is 11.9 Å². The van der Waals surface area contributed by atoms with Crippen LogP contribution in [0.25, 0.3) is 10.2 Å². The number of hydrogen-bond donors (Lipinski definition) is 1. The number of nitrogens with zero attached hydrogens (tertiary/aromatic N) is 2. The van der Waals surface area contributed by atoms with Gasteiger partial charge in [-0.25, -0.2) is 4.79 Å². The number of fused-ring (bicyclic) bond motifs is 1. The third-order valence-corrected chi connectivity index (χ3v) is 5.13. The summed E-state index contributed by atoms with van der Waals surface area (Å²) in [4.78, 5) is 29.8. The smallest absolute Gasteiger partial charge is 0.341 e. The van der Waals surface area contributed by atoms with Gasteiger partial charge in [0.2, 0.25) is 5.43 Å². The second-order valence-corrected chi connectivity index (χ2v) is 6.94. The Morgan fingerprint density at radius 2 is 2.08 bits per heavy atom. The van der Waals surface area contributed by atoms with Gasteiger partial charge in [0.25, 0.3) is 0 Å². The van der Waals surface area contributed by atoms with Crippen molar-refractivity contribution in [2.45, 2.75) is 27.3 Å². The summed E-state index contributed by atoms with van der Waals surface area (Å²) < 4.78 is 1.79. The van der Waals surface area contributed by atoms with Gasteiger partial charge in [-0.2, -0.15) is 0 Å². The summed E-state index contributed by atoms with van der Waals surface area (Å²) in [6.45, 7) is 6.54. The van der Waals surface area contributed by atoms with Crippen LogP contribution in [0.2, 0.25) is 0 Å². The van der Waals surface area contributed by atoms with Crippen molar-refractivity contribution in [2.75, 3.05) is 0 Å². The number of benzene rings is 1. The molecule has 0 bridgehead atoms. The van der Waals surface area contributed by atoms with Crippen LogP contribution in [0.4, 0.5) is 5.69 Å². The number of aromatic nitrogens is 1. The van der Waals surface area contributed by atoms with Crippen molar-refractivity contribution in [1.29, 1.82) is 0 Å². The molecule has 0 spiro atoms. The average molecular weight is 354 g/mol. The van der Waals surface area contributed by atoms with E-state index in [9.17, 15) is 14.7 Å². The molecule has 0 radical (unpaired) electrons. The molecule has 6 heteroatoms. The van der Waals surface area contributed by atoms with E-state index in [1.807, 2.05) is 32.9 Å². The van der Waals surface area contributed by atoms with Crippen molar-refractivity contribution in [3.63, 3.8) is 0 Å². The molecule has 2 aromatic heterocycles. The molecule has 25 heavy (non-hydrogen) atoms. The van der Waals surface area contributed by atoms with Crippen molar-refractivity contribution in [2.24, 2.45) is 4.99 Å². The second-order valence-electron chi connectivity index (χ2n) is 5.88. The van der Waals surface area contributed by atoms with E-state index in [1.54, 1.807) is 16.8 Å². The van der Waals surface area contributed by atoms with Crippen LogP contribution in [-0.2, 0) is 6.54 Å². The summed E-state index contributed by atoms with van der Waals surface area (Å²) in [6, 6.07) is 7.75. The topological polar surface area (TPSA) is 71.7 Å². The second kappa shape index (κ2) is 6.64. The van der Waals surface area contributed by atoms with Crippen molar-refractivity contribution in [3.8, 4) is 0 Å². The maximum absolute atomic E-state index is 12.4. The maximum atomic E-state index is 12.4. The fourth-order valence-electron chi connectivity index (χ4n) is 2.73. The summed E-state index contributed by atoms with van der Waals surface area (Å²) >= 11 is 1.43. The molecule has 1 N–H and O–H groups in total. The Bertz CT molecular complexity index is 1060. The van der Waals surface area contributed by atoms with Crippen molar-refractivity contribution < 1.29 is 9.90 Å². The van der Waals surface area contributed by atoms with Crippen LogP contribution in [0, 0.1) is 13.8 Å². The van der Waals surface area contributed by atoms with Crippen LogP contribution in [0.15, 0.2) is 40.2 Å². The molecular weight excluding hydrogens is 336 g/mol. The molecule has 0 amide bonds. The van der Waals surface area contributed by atoms with Gasteiger partial charge in [0, 0.05) is 23.8 Å². The Morgan fingerprint density at radius 3 is 2.72 bits per heavy atom. The molecule has 0 aliphatic heterocycles. The average Bonchev–Trinajstić information content (AvgIpc) is 2.99. The van der Waals surface area contributed by atoms with Gasteiger partial charge in [0.15, 0.2) is 0 Å². The number of rotatable bonds is 4. The standard InChI is InChI=1S/C19H18N2O3S/c1-4-21-10-15(19(23)24)17(22)14-8-13(25-18(14)21)9-20-16-6-5-11(2)7-12(16)3/h5-10H,4H2,1-3H3,(H,23,24). The van der Waals surface area contributed by atoms with Gasteiger partial charge < -0.3 is 9.67 Å². The minimum Gasteiger partial charge on any atom is -0.477 e. The fourth-order valence-corrected chi connectivity index (χ4v) is 3.79. The summed E-state index contributed by atoms with van der Waals surface area (Å²) in [5, 5.41) is 9.65. The van der Waals surface area contributed by atoms with Gasteiger partial charge in [0.05, 0.1) is 11.1 Å². The van der Waals surface area contributed by atoms with Crippen molar-refractivity contribution in [1.82, 2.24) is 4.57 Å².